The maximum Gasteiger partial charge on any atom is 0.234 e. The van der Waals surface area contributed by atoms with Crippen molar-refractivity contribution in [2.24, 2.45) is 0 Å². The lowest BCUT2D eigenvalue weighted by molar-refractivity contribution is -0.113. The molecule has 0 fully saturated rings. The number of carbonyl (C=O) groups excluding carboxylic acids is 1. The van der Waals surface area contributed by atoms with E-state index >= 15 is 0 Å². The van der Waals surface area contributed by atoms with Crippen LogP contribution in [0, 0.1) is 0 Å². The van der Waals surface area contributed by atoms with Crippen LogP contribution in [-0.4, -0.2) is 16.8 Å². The first kappa shape index (κ1) is 15.4. The lowest BCUT2D eigenvalue weighted by Gasteiger charge is -2.08. The molecule has 0 spiro atoms. The van der Waals surface area contributed by atoms with Gasteiger partial charge in [0.1, 0.15) is 5.75 Å². The zero-order valence-electron chi connectivity index (χ0n) is 12.5. The van der Waals surface area contributed by atoms with Crippen LogP contribution in [0.2, 0.25) is 0 Å². The van der Waals surface area contributed by atoms with Gasteiger partial charge in [-0.05, 0) is 28.5 Å². The molecule has 3 aromatic carbocycles. The highest BCUT2D eigenvalue weighted by Crippen LogP contribution is 2.24. The average molecular weight is 323 g/mol. The number of benzene rings is 3. The predicted molar refractivity (Wildman–Crippen MR) is 96.8 cm³/mol. The van der Waals surface area contributed by atoms with Gasteiger partial charge in [0.15, 0.2) is 0 Å². The molecule has 0 aliphatic carbocycles. The second kappa shape index (κ2) is 7.20. The molecule has 3 aromatic rings. The molecule has 0 aliphatic rings. The van der Waals surface area contributed by atoms with Gasteiger partial charge in [-0.1, -0.05) is 54.6 Å². The SMILES string of the molecule is O=C(CSCc1cccc2ccccc12)Nc1ccccc1O. The van der Waals surface area contributed by atoms with Gasteiger partial charge in [0.05, 0.1) is 11.4 Å². The number of phenols is 1. The summed E-state index contributed by atoms with van der Waals surface area (Å²) in [6.45, 7) is 0. The molecule has 2 N–H and O–H groups in total. The number of thioether (sulfide) groups is 1. The number of hydrogen-bond donors (Lipinski definition) is 2. The maximum absolute atomic E-state index is 12.0. The number of anilines is 1. The van der Waals surface area contributed by atoms with Crippen molar-refractivity contribution in [2.45, 2.75) is 5.75 Å². The smallest absolute Gasteiger partial charge is 0.234 e. The Labute approximate surface area is 139 Å². The van der Waals surface area contributed by atoms with Crippen LogP contribution in [0.5, 0.6) is 5.75 Å². The highest BCUT2D eigenvalue weighted by molar-refractivity contribution is 7.99. The minimum atomic E-state index is -0.114. The molecule has 0 unspecified atom stereocenters. The highest BCUT2D eigenvalue weighted by Gasteiger charge is 2.07. The Bertz CT molecular complexity index is 827. The standard InChI is InChI=1S/C19H17NO2S/c21-18-11-4-3-10-17(18)20-19(22)13-23-12-15-8-5-7-14-6-1-2-9-16(14)15/h1-11,21H,12-13H2,(H,20,22). The predicted octanol–water partition coefficient (Wildman–Crippen LogP) is 4.42. The van der Waals surface area contributed by atoms with E-state index in [-0.39, 0.29) is 11.7 Å². The Morgan fingerprint density at radius 2 is 1.70 bits per heavy atom. The van der Waals surface area contributed by atoms with Crippen LogP contribution in [-0.2, 0) is 10.5 Å². The van der Waals surface area contributed by atoms with Crippen molar-refractivity contribution in [1.82, 2.24) is 0 Å². The molecule has 4 heteroatoms. The van der Waals surface area contributed by atoms with Crippen molar-refractivity contribution in [3.05, 3.63) is 72.3 Å². The summed E-state index contributed by atoms with van der Waals surface area (Å²) in [6.07, 6.45) is 0. The molecular weight excluding hydrogens is 306 g/mol. The van der Waals surface area contributed by atoms with Crippen LogP contribution in [0.15, 0.2) is 66.7 Å². The van der Waals surface area contributed by atoms with E-state index in [0.717, 1.165) is 5.75 Å². The van der Waals surface area contributed by atoms with Gasteiger partial charge >= 0.3 is 0 Å². The van der Waals surface area contributed by atoms with Crippen molar-refractivity contribution >= 4 is 34.1 Å². The molecule has 0 aromatic heterocycles. The number of carbonyl (C=O) groups is 1. The van der Waals surface area contributed by atoms with Gasteiger partial charge in [-0.15, -0.1) is 11.8 Å². The van der Waals surface area contributed by atoms with Crippen LogP contribution in [0.4, 0.5) is 5.69 Å². The van der Waals surface area contributed by atoms with E-state index in [1.54, 1.807) is 36.0 Å². The van der Waals surface area contributed by atoms with Crippen LogP contribution in [0.3, 0.4) is 0 Å². The number of hydrogen-bond acceptors (Lipinski definition) is 3. The second-order valence-corrected chi connectivity index (χ2v) is 6.18. The molecule has 0 radical (unpaired) electrons. The fraction of sp³-hybridized carbons (Fsp3) is 0.105. The summed E-state index contributed by atoms with van der Waals surface area (Å²) in [6, 6.07) is 21.2. The Morgan fingerprint density at radius 1 is 0.957 bits per heavy atom. The van der Waals surface area contributed by atoms with Crippen molar-refractivity contribution in [3.8, 4) is 5.75 Å². The molecule has 116 valence electrons. The van der Waals surface area contributed by atoms with Crippen LogP contribution in [0.1, 0.15) is 5.56 Å². The summed E-state index contributed by atoms with van der Waals surface area (Å²) in [7, 11) is 0. The first-order valence-electron chi connectivity index (χ1n) is 7.36. The summed E-state index contributed by atoms with van der Waals surface area (Å²) in [5, 5.41) is 14.8. The van der Waals surface area contributed by atoms with Gasteiger partial charge in [0.2, 0.25) is 5.91 Å². The fourth-order valence-corrected chi connectivity index (χ4v) is 3.27. The zero-order chi connectivity index (χ0) is 16.1. The molecule has 1 amide bonds. The normalized spacial score (nSPS) is 10.6. The summed E-state index contributed by atoms with van der Waals surface area (Å²) in [4.78, 5) is 12.0. The van der Waals surface area contributed by atoms with Crippen LogP contribution >= 0.6 is 11.8 Å². The van der Waals surface area contributed by atoms with E-state index in [1.165, 1.54) is 16.3 Å². The third kappa shape index (κ3) is 3.85. The Kier molecular flexibility index (Phi) is 4.83. The molecule has 23 heavy (non-hydrogen) atoms. The van der Waals surface area contributed by atoms with Crippen LogP contribution in [0.25, 0.3) is 10.8 Å². The van der Waals surface area contributed by atoms with Gasteiger partial charge < -0.3 is 10.4 Å². The number of para-hydroxylation sites is 2. The van der Waals surface area contributed by atoms with Crippen molar-refractivity contribution in [2.75, 3.05) is 11.1 Å². The minimum absolute atomic E-state index is 0.0832. The van der Waals surface area contributed by atoms with E-state index in [0.29, 0.717) is 11.4 Å². The molecule has 0 aliphatic heterocycles. The molecule has 3 rings (SSSR count). The number of fused-ring (bicyclic) bond motifs is 1. The van der Waals surface area contributed by atoms with E-state index in [1.807, 2.05) is 18.2 Å². The van der Waals surface area contributed by atoms with Crippen LogP contribution < -0.4 is 5.32 Å². The largest absolute Gasteiger partial charge is 0.506 e. The Balaban J connectivity index is 1.58. The minimum Gasteiger partial charge on any atom is -0.506 e. The van der Waals surface area contributed by atoms with Crippen molar-refractivity contribution in [3.63, 3.8) is 0 Å². The zero-order valence-corrected chi connectivity index (χ0v) is 13.3. The highest BCUT2D eigenvalue weighted by atomic mass is 32.2. The van der Waals surface area contributed by atoms with Gasteiger partial charge in [-0.2, -0.15) is 0 Å². The Hall–Kier alpha value is -2.46. The van der Waals surface area contributed by atoms with Crippen molar-refractivity contribution < 1.29 is 9.90 Å². The monoisotopic (exact) mass is 323 g/mol. The summed E-state index contributed by atoms with van der Waals surface area (Å²) < 4.78 is 0. The molecular formula is C19H17NO2S. The summed E-state index contributed by atoms with van der Waals surface area (Å²) >= 11 is 1.56. The summed E-state index contributed by atoms with van der Waals surface area (Å²) in [5.74, 6) is 1.09. The maximum atomic E-state index is 12.0. The van der Waals surface area contributed by atoms with Gasteiger partial charge in [0.25, 0.3) is 0 Å². The fourth-order valence-electron chi connectivity index (χ4n) is 2.44. The number of phenolic OH excluding ortho intramolecular Hbond substituents is 1. The second-order valence-electron chi connectivity index (χ2n) is 5.20. The molecule has 3 nitrogen and oxygen atoms in total. The molecule has 0 saturated carbocycles. The first-order chi connectivity index (χ1) is 11.2. The molecule has 0 bridgehead atoms. The number of nitrogens with one attached hydrogen (secondary N) is 1. The third-order valence-electron chi connectivity index (χ3n) is 3.55. The lowest BCUT2D eigenvalue weighted by Crippen LogP contribution is -2.14. The van der Waals surface area contributed by atoms with E-state index < -0.39 is 0 Å². The number of rotatable bonds is 5. The van der Waals surface area contributed by atoms with E-state index in [4.69, 9.17) is 0 Å². The van der Waals surface area contributed by atoms with Gasteiger partial charge in [0, 0.05) is 5.75 Å². The summed E-state index contributed by atoms with van der Waals surface area (Å²) in [5.41, 5.74) is 1.67. The number of aromatic hydroxyl groups is 1. The molecule has 0 atom stereocenters. The van der Waals surface area contributed by atoms with Crippen molar-refractivity contribution in [1.29, 1.82) is 0 Å². The molecule has 0 heterocycles. The third-order valence-corrected chi connectivity index (χ3v) is 4.53. The van der Waals surface area contributed by atoms with Gasteiger partial charge in [-0.3, -0.25) is 4.79 Å². The number of amides is 1. The topological polar surface area (TPSA) is 49.3 Å². The lowest BCUT2D eigenvalue weighted by atomic mass is 10.1. The van der Waals surface area contributed by atoms with Gasteiger partial charge in [-0.25, -0.2) is 0 Å². The van der Waals surface area contributed by atoms with E-state index in [9.17, 15) is 9.90 Å². The van der Waals surface area contributed by atoms with E-state index in [2.05, 4.69) is 29.6 Å². The molecule has 0 saturated heterocycles. The first-order valence-corrected chi connectivity index (χ1v) is 8.52. The Morgan fingerprint density at radius 3 is 2.57 bits per heavy atom. The average Bonchev–Trinajstić information content (AvgIpc) is 2.57. The quantitative estimate of drug-likeness (QED) is 0.684.